The van der Waals surface area contributed by atoms with E-state index in [-0.39, 0.29) is 0 Å². The van der Waals surface area contributed by atoms with Crippen molar-refractivity contribution in [3.8, 4) is 0 Å². The van der Waals surface area contributed by atoms with Crippen molar-refractivity contribution < 1.29 is 0 Å². The van der Waals surface area contributed by atoms with E-state index in [0.29, 0.717) is 0 Å². The van der Waals surface area contributed by atoms with Gasteiger partial charge >= 0.3 is 0 Å². The number of nitrogens with two attached hydrogens (primary N) is 1. The lowest BCUT2D eigenvalue weighted by Crippen LogP contribution is -2.35. The normalized spacial score (nSPS) is 21.2. The Morgan fingerprint density at radius 1 is 1.44 bits per heavy atom. The SMILES string of the molecule is NCCC1CCCN(Cc2ccc(Cl)c(Br)c2)C1. The van der Waals surface area contributed by atoms with Crippen LogP contribution in [0.1, 0.15) is 24.8 Å². The highest BCUT2D eigenvalue weighted by Crippen LogP contribution is 2.25. The molecule has 1 aliphatic rings. The summed E-state index contributed by atoms with van der Waals surface area (Å²) in [7, 11) is 0. The Labute approximate surface area is 123 Å². The summed E-state index contributed by atoms with van der Waals surface area (Å²) in [6.45, 7) is 4.20. The van der Waals surface area contributed by atoms with Crippen molar-refractivity contribution in [2.24, 2.45) is 11.7 Å². The molecule has 0 radical (unpaired) electrons. The number of nitrogens with zero attached hydrogens (tertiary/aromatic N) is 1. The monoisotopic (exact) mass is 330 g/mol. The lowest BCUT2D eigenvalue weighted by Gasteiger charge is -2.32. The minimum absolute atomic E-state index is 0.776. The molecule has 1 aromatic carbocycles. The van der Waals surface area contributed by atoms with Crippen LogP contribution in [0.3, 0.4) is 0 Å². The van der Waals surface area contributed by atoms with Crippen LogP contribution in [0.25, 0.3) is 0 Å². The van der Waals surface area contributed by atoms with Gasteiger partial charge in [-0.1, -0.05) is 17.7 Å². The Morgan fingerprint density at radius 2 is 2.28 bits per heavy atom. The number of likely N-dealkylation sites (tertiary alicyclic amines) is 1. The lowest BCUT2D eigenvalue weighted by atomic mass is 9.94. The molecule has 0 aliphatic carbocycles. The summed E-state index contributed by atoms with van der Waals surface area (Å²) in [5, 5.41) is 0.776. The van der Waals surface area contributed by atoms with Gasteiger partial charge in [0.05, 0.1) is 5.02 Å². The summed E-state index contributed by atoms with van der Waals surface area (Å²) in [6.07, 6.45) is 3.78. The van der Waals surface area contributed by atoms with Gasteiger partial charge in [-0.25, -0.2) is 0 Å². The molecule has 100 valence electrons. The molecule has 2 N–H and O–H groups in total. The van der Waals surface area contributed by atoms with Crippen LogP contribution < -0.4 is 5.73 Å². The first-order chi connectivity index (χ1) is 8.69. The van der Waals surface area contributed by atoms with Crippen LogP contribution in [0.15, 0.2) is 22.7 Å². The van der Waals surface area contributed by atoms with Crippen LogP contribution in [-0.4, -0.2) is 24.5 Å². The van der Waals surface area contributed by atoms with Gasteiger partial charge in [-0.2, -0.15) is 0 Å². The predicted molar refractivity (Wildman–Crippen MR) is 80.8 cm³/mol. The van der Waals surface area contributed by atoms with Crippen molar-refractivity contribution in [2.75, 3.05) is 19.6 Å². The van der Waals surface area contributed by atoms with Gasteiger partial charge in [0.15, 0.2) is 0 Å². The van der Waals surface area contributed by atoms with Crippen LogP contribution in [0.4, 0.5) is 0 Å². The lowest BCUT2D eigenvalue weighted by molar-refractivity contribution is 0.163. The Kier molecular flexibility index (Phi) is 5.49. The second-order valence-electron chi connectivity index (χ2n) is 5.07. The zero-order valence-electron chi connectivity index (χ0n) is 10.5. The van der Waals surface area contributed by atoms with Gasteiger partial charge in [-0.3, -0.25) is 4.90 Å². The van der Waals surface area contributed by atoms with Crippen LogP contribution >= 0.6 is 27.5 Å². The minimum atomic E-state index is 0.776. The summed E-state index contributed by atoms with van der Waals surface area (Å²) in [6, 6.07) is 6.19. The number of benzene rings is 1. The third-order valence-electron chi connectivity index (χ3n) is 3.57. The zero-order chi connectivity index (χ0) is 13.0. The number of halogens is 2. The maximum absolute atomic E-state index is 6.01. The first kappa shape index (κ1) is 14.3. The molecule has 1 aromatic rings. The molecule has 1 aliphatic heterocycles. The summed E-state index contributed by atoms with van der Waals surface area (Å²) in [5.74, 6) is 0.777. The molecular formula is C14H20BrClN2. The van der Waals surface area contributed by atoms with E-state index in [1.165, 1.54) is 31.5 Å². The molecule has 1 atom stereocenters. The number of piperidine rings is 1. The fraction of sp³-hybridized carbons (Fsp3) is 0.571. The van der Waals surface area contributed by atoms with E-state index in [0.717, 1.165) is 34.9 Å². The summed E-state index contributed by atoms with van der Waals surface area (Å²) in [5.41, 5.74) is 6.97. The van der Waals surface area contributed by atoms with Crippen molar-refractivity contribution in [2.45, 2.75) is 25.8 Å². The Hall–Kier alpha value is -0.0900. The number of rotatable bonds is 4. The Balaban J connectivity index is 1.93. The molecule has 1 heterocycles. The zero-order valence-corrected chi connectivity index (χ0v) is 12.9. The van der Waals surface area contributed by atoms with Gasteiger partial charge in [0.1, 0.15) is 0 Å². The standard InChI is InChI=1S/C14H20BrClN2/c15-13-8-12(3-4-14(13)16)10-18-7-1-2-11(9-18)5-6-17/h3-4,8,11H,1-2,5-7,9-10,17H2. The molecule has 0 aromatic heterocycles. The highest BCUT2D eigenvalue weighted by molar-refractivity contribution is 9.10. The van der Waals surface area contributed by atoms with Crippen molar-refractivity contribution >= 4 is 27.5 Å². The van der Waals surface area contributed by atoms with Crippen molar-refractivity contribution in [3.63, 3.8) is 0 Å². The second-order valence-corrected chi connectivity index (χ2v) is 6.33. The highest BCUT2D eigenvalue weighted by atomic mass is 79.9. The third kappa shape index (κ3) is 3.95. The van der Waals surface area contributed by atoms with Gasteiger partial charge in [-0.05, 0) is 71.9 Å². The third-order valence-corrected chi connectivity index (χ3v) is 4.78. The van der Waals surface area contributed by atoms with Gasteiger partial charge in [0.2, 0.25) is 0 Å². The molecule has 4 heteroatoms. The van der Waals surface area contributed by atoms with Gasteiger partial charge in [0, 0.05) is 17.6 Å². The molecule has 2 rings (SSSR count). The van der Waals surface area contributed by atoms with Crippen LogP contribution in [0, 0.1) is 5.92 Å². The van der Waals surface area contributed by atoms with E-state index in [2.05, 4.69) is 33.0 Å². The van der Waals surface area contributed by atoms with Crippen LogP contribution in [0.2, 0.25) is 5.02 Å². The van der Waals surface area contributed by atoms with Gasteiger partial charge in [-0.15, -0.1) is 0 Å². The predicted octanol–water partition coefficient (Wildman–Crippen LogP) is 3.66. The van der Waals surface area contributed by atoms with Gasteiger partial charge < -0.3 is 5.73 Å². The molecular weight excluding hydrogens is 312 g/mol. The van der Waals surface area contributed by atoms with Crippen molar-refractivity contribution in [1.29, 1.82) is 0 Å². The minimum Gasteiger partial charge on any atom is -0.330 e. The smallest absolute Gasteiger partial charge is 0.0548 e. The van der Waals surface area contributed by atoms with E-state index in [1.807, 2.05) is 6.07 Å². The molecule has 1 fully saturated rings. The van der Waals surface area contributed by atoms with E-state index < -0.39 is 0 Å². The molecule has 1 saturated heterocycles. The summed E-state index contributed by atoms with van der Waals surface area (Å²) >= 11 is 9.49. The first-order valence-electron chi connectivity index (χ1n) is 6.55. The second kappa shape index (κ2) is 6.90. The van der Waals surface area contributed by atoms with E-state index >= 15 is 0 Å². The fourth-order valence-corrected chi connectivity index (χ4v) is 3.21. The highest BCUT2D eigenvalue weighted by Gasteiger charge is 2.19. The van der Waals surface area contributed by atoms with E-state index in [1.54, 1.807) is 0 Å². The molecule has 0 amide bonds. The maximum atomic E-state index is 6.01. The number of hydrogen-bond donors (Lipinski definition) is 1. The van der Waals surface area contributed by atoms with E-state index in [4.69, 9.17) is 17.3 Å². The van der Waals surface area contributed by atoms with Crippen LogP contribution in [0.5, 0.6) is 0 Å². The van der Waals surface area contributed by atoms with Crippen molar-refractivity contribution in [3.05, 3.63) is 33.3 Å². The fourth-order valence-electron chi connectivity index (χ4n) is 2.66. The van der Waals surface area contributed by atoms with E-state index in [9.17, 15) is 0 Å². The molecule has 1 unspecified atom stereocenters. The largest absolute Gasteiger partial charge is 0.330 e. The molecule has 18 heavy (non-hydrogen) atoms. The number of hydrogen-bond acceptors (Lipinski definition) is 2. The molecule has 0 spiro atoms. The summed E-state index contributed by atoms with van der Waals surface area (Å²) < 4.78 is 0.984. The average Bonchev–Trinajstić information content (AvgIpc) is 2.35. The molecule has 2 nitrogen and oxygen atoms in total. The quantitative estimate of drug-likeness (QED) is 0.912. The molecule has 0 saturated carbocycles. The topological polar surface area (TPSA) is 29.3 Å². The van der Waals surface area contributed by atoms with Crippen molar-refractivity contribution in [1.82, 2.24) is 4.90 Å². The van der Waals surface area contributed by atoms with Gasteiger partial charge in [0.25, 0.3) is 0 Å². The maximum Gasteiger partial charge on any atom is 0.0548 e. The average molecular weight is 332 g/mol. The molecule has 0 bridgehead atoms. The van der Waals surface area contributed by atoms with Crippen LogP contribution in [-0.2, 0) is 6.54 Å². The summed E-state index contributed by atoms with van der Waals surface area (Å²) in [4.78, 5) is 2.53. The first-order valence-corrected chi connectivity index (χ1v) is 7.72. The Bertz CT molecular complexity index is 395. The Morgan fingerprint density at radius 3 is 3.00 bits per heavy atom.